The first-order chi connectivity index (χ1) is 14.2. The summed E-state index contributed by atoms with van der Waals surface area (Å²) >= 11 is 0. The second kappa shape index (κ2) is 6.98. The molecule has 3 heterocycles. The molecular weight excluding hydrogens is 362 g/mol. The van der Waals surface area contributed by atoms with Gasteiger partial charge in [-0.2, -0.15) is 0 Å². The Labute approximate surface area is 168 Å². The van der Waals surface area contributed by atoms with E-state index >= 15 is 0 Å². The molecule has 4 aromatic rings. The van der Waals surface area contributed by atoms with Crippen molar-refractivity contribution in [3.8, 4) is 11.1 Å². The van der Waals surface area contributed by atoms with Crippen LogP contribution in [0.4, 0.5) is 11.5 Å². The van der Waals surface area contributed by atoms with Crippen LogP contribution in [0.3, 0.4) is 0 Å². The monoisotopic (exact) mass is 381 g/mol. The third kappa shape index (κ3) is 3.29. The lowest BCUT2D eigenvalue weighted by Gasteiger charge is -2.16. The molecule has 5 rings (SSSR count). The first-order valence-electron chi connectivity index (χ1n) is 9.53. The molecule has 6 heteroatoms. The zero-order valence-electron chi connectivity index (χ0n) is 15.9. The van der Waals surface area contributed by atoms with E-state index in [0.717, 1.165) is 39.2 Å². The molecule has 0 aliphatic carbocycles. The third-order valence-corrected chi connectivity index (χ3v) is 5.19. The maximum Gasteiger partial charge on any atom is 0.230 e. The van der Waals surface area contributed by atoms with Crippen molar-refractivity contribution < 1.29 is 4.79 Å². The Morgan fingerprint density at radius 1 is 1.00 bits per heavy atom. The lowest BCUT2D eigenvalue weighted by molar-refractivity contribution is -0.115. The summed E-state index contributed by atoms with van der Waals surface area (Å²) in [6.45, 7) is 2.11. The summed E-state index contributed by atoms with van der Waals surface area (Å²) in [4.78, 5) is 24.9. The van der Waals surface area contributed by atoms with Gasteiger partial charge in [0, 0.05) is 23.2 Å². The number of pyridine rings is 1. The van der Waals surface area contributed by atoms with Crippen molar-refractivity contribution in [2.24, 2.45) is 0 Å². The molecule has 1 unspecified atom stereocenters. The summed E-state index contributed by atoms with van der Waals surface area (Å²) < 4.78 is 0. The van der Waals surface area contributed by atoms with E-state index in [1.54, 1.807) is 6.33 Å². The van der Waals surface area contributed by atoms with Crippen molar-refractivity contribution in [2.45, 2.75) is 19.4 Å². The third-order valence-electron chi connectivity index (χ3n) is 5.19. The highest BCUT2D eigenvalue weighted by Crippen LogP contribution is 2.31. The van der Waals surface area contributed by atoms with Crippen molar-refractivity contribution in [1.29, 1.82) is 0 Å². The van der Waals surface area contributed by atoms with Crippen molar-refractivity contribution in [3.05, 3.63) is 78.4 Å². The summed E-state index contributed by atoms with van der Waals surface area (Å²) in [6, 6.07) is 18.4. The molecule has 0 saturated carbocycles. The fourth-order valence-electron chi connectivity index (χ4n) is 3.63. The topological polar surface area (TPSA) is 79.8 Å². The predicted molar refractivity (Wildman–Crippen MR) is 114 cm³/mol. The maximum absolute atomic E-state index is 11.6. The normalized spacial score (nSPS) is 13.8. The summed E-state index contributed by atoms with van der Waals surface area (Å²) in [5.74, 6) is 0.772. The van der Waals surface area contributed by atoms with Gasteiger partial charge < -0.3 is 10.6 Å². The van der Waals surface area contributed by atoms with E-state index in [0.29, 0.717) is 6.42 Å². The number of carbonyl (C=O) groups excluding carboxylic acids is 1. The zero-order chi connectivity index (χ0) is 19.8. The number of amides is 1. The minimum atomic E-state index is -0.0158. The van der Waals surface area contributed by atoms with Crippen LogP contribution < -0.4 is 10.6 Å². The second-order valence-electron chi connectivity index (χ2n) is 7.17. The van der Waals surface area contributed by atoms with Crippen LogP contribution in [-0.2, 0) is 11.2 Å². The van der Waals surface area contributed by atoms with Crippen molar-refractivity contribution in [3.63, 3.8) is 0 Å². The van der Waals surface area contributed by atoms with Crippen LogP contribution >= 0.6 is 0 Å². The molecule has 0 fully saturated rings. The van der Waals surface area contributed by atoms with Gasteiger partial charge in [0.1, 0.15) is 12.1 Å². The van der Waals surface area contributed by atoms with Gasteiger partial charge in [-0.25, -0.2) is 9.97 Å². The number of anilines is 2. The molecular formula is C23H19N5O. The molecule has 2 aromatic carbocycles. The first kappa shape index (κ1) is 17.3. The Kier molecular flexibility index (Phi) is 4.17. The Balaban J connectivity index is 1.52. The van der Waals surface area contributed by atoms with Gasteiger partial charge in [-0.15, -0.1) is 0 Å². The molecule has 29 heavy (non-hydrogen) atoms. The van der Waals surface area contributed by atoms with E-state index in [1.165, 1.54) is 5.56 Å². The number of rotatable bonds is 4. The second-order valence-corrected chi connectivity index (χ2v) is 7.17. The number of aromatic nitrogens is 3. The Morgan fingerprint density at radius 3 is 2.72 bits per heavy atom. The largest absolute Gasteiger partial charge is 0.363 e. The molecule has 0 spiro atoms. The molecule has 6 nitrogen and oxygen atoms in total. The highest BCUT2D eigenvalue weighted by atomic mass is 16.1. The van der Waals surface area contributed by atoms with Crippen molar-refractivity contribution >= 4 is 28.3 Å². The Morgan fingerprint density at radius 2 is 1.86 bits per heavy atom. The highest BCUT2D eigenvalue weighted by Gasteiger charge is 2.19. The lowest BCUT2D eigenvalue weighted by Crippen LogP contribution is -2.08. The molecule has 142 valence electrons. The number of fused-ring (bicyclic) bond motifs is 2. The van der Waals surface area contributed by atoms with Crippen LogP contribution in [0.2, 0.25) is 0 Å². The molecule has 0 saturated heterocycles. The van der Waals surface area contributed by atoms with Gasteiger partial charge in [0.25, 0.3) is 0 Å². The van der Waals surface area contributed by atoms with Crippen molar-refractivity contribution in [1.82, 2.24) is 15.0 Å². The number of nitrogens with zero attached hydrogens (tertiary/aromatic N) is 3. The summed E-state index contributed by atoms with van der Waals surface area (Å²) in [5.41, 5.74) is 5.58. The number of benzene rings is 2. The smallest absolute Gasteiger partial charge is 0.230 e. The Bertz CT molecular complexity index is 1220. The maximum atomic E-state index is 11.6. The van der Waals surface area contributed by atoms with E-state index in [-0.39, 0.29) is 11.9 Å². The molecule has 1 atom stereocenters. The van der Waals surface area contributed by atoms with E-state index in [4.69, 9.17) is 0 Å². The van der Waals surface area contributed by atoms with Crippen LogP contribution in [-0.4, -0.2) is 20.9 Å². The van der Waals surface area contributed by atoms with Gasteiger partial charge in [0.05, 0.1) is 23.3 Å². The van der Waals surface area contributed by atoms with Crippen LogP contribution in [0.5, 0.6) is 0 Å². The first-order valence-corrected chi connectivity index (χ1v) is 9.53. The standard InChI is InChI=1S/C23H19N5O/c1-14(15-5-3-2-4-6-15)27-23-18-9-16(7-8-19(18)25-13-26-23)17-10-21-20(24-12-17)11-22(29)28-21/h2-10,12-14H,11H2,1H3,(H,28,29)(H,25,26,27). The fraction of sp³-hybridized carbons (Fsp3) is 0.130. The van der Waals surface area contributed by atoms with Gasteiger partial charge in [-0.1, -0.05) is 36.4 Å². The van der Waals surface area contributed by atoms with Crippen molar-refractivity contribution in [2.75, 3.05) is 10.6 Å². The molecule has 2 aromatic heterocycles. The van der Waals surface area contributed by atoms with Crippen LogP contribution in [0.15, 0.2) is 67.1 Å². The number of hydrogen-bond acceptors (Lipinski definition) is 5. The summed E-state index contributed by atoms with van der Waals surface area (Å²) in [5, 5.41) is 7.31. The van der Waals surface area contributed by atoms with Crippen LogP contribution in [0.1, 0.15) is 24.2 Å². The lowest BCUT2D eigenvalue weighted by atomic mass is 10.0. The molecule has 2 N–H and O–H groups in total. The minimum Gasteiger partial charge on any atom is -0.363 e. The minimum absolute atomic E-state index is 0.0158. The number of nitrogens with one attached hydrogen (secondary N) is 2. The van der Waals surface area contributed by atoms with Gasteiger partial charge in [0.15, 0.2) is 0 Å². The van der Waals surface area contributed by atoms with Gasteiger partial charge >= 0.3 is 0 Å². The van der Waals surface area contributed by atoms with Crippen LogP contribution in [0.25, 0.3) is 22.0 Å². The van der Waals surface area contributed by atoms with Gasteiger partial charge in [-0.05, 0) is 36.2 Å². The fourth-order valence-corrected chi connectivity index (χ4v) is 3.63. The SMILES string of the molecule is CC(Nc1ncnc2ccc(-c3cnc4c(c3)NC(=O)C4)cc12)c1ccccc1. The molecule has 1 aliphatic rings. The molecule has 1 aliphatic heterocycles. The number of carbonyl (C=O) groups is 1. The van der Waals surface area contributed by atoms with E-state index in [2.05, 4.69) is 50.7 Å². The average molecular weight is 381 g/mol. The van der Waals surface area contributed by atoms with E-state index < -0.39 is 0 Å². The quantitative estimate of drug-likeness (QED) is 0.549. The zero-order valence-corrected chi connectivity index (χ0v) is 15.9. The van der Waals surface area contributed by atoms with Gasteiger partial charge in [-0.3, -0.25) is 9.78 Å². The predicted octanol–water partition coefficient (Wildman–Crippen LogP) is 4.36. The van der Waals surface area contributed by atoms with E-state index in [1.807, 2.05) is 42.6 Å². The molecule has 1 amide bonds. The Hall–Kier alpha value is -3.80. The summed E-state index contributed by atoms with van der Waals surface area (Å²) in [6.07, 6.45) is 3.73. The summed E-state index contributed by atoms with van der Waals surface area (Å²) in [7, 11) is 0. The number of hydrogen-bond donors (Lipinski definition) is 2. The molecule has 0 bridgehead atoms. The van der Waals surface area contributed by atoms with Crippen LogP contribution in [0, 0.1) is 0 Å². The molecule has 0 radical (unpaired) electrons. The van der Waals surface area contributed by atoms with Gasteiger partial charge in [0.2, 0.25) is 5.91 Å². The average Bonchev–Trinajstić information content (AvgIpc) is 3.13. The van der Waals surface area contributed by atoms with E-state index in [9.17, 15) is 4.79 Å². The highest BCUT2D eigenvalue weighted by molar-refractivity contribution is 5.99.